The molecule has 3 aromatic rings. The van der Waals surface area contributed by atoms with E-state index in [0.717, 1.165) is 53.6 Å². The van der Waals surface area contributed by atoms with Gasteiger partial charge < -0.3 is 14.7 Å². The van der Waals surface area contributed by atoms with Crippen molar-refractivity contribution in [2.75, 3.05) is 11.4 Å². The molecule has 0 bridgehead atoms. The molecule has 1 unspecified atom stereocenters. The molecule has 0 spiro atoms. The third-order valence-corrected chi connectivity index (χ3v) is 6.34. The third-order valence-electron chi connectivity index (χ3n) is 6.34. The van der Waals surface area contributed by atoms with E-state index < -0.39 is 17.7 Å². The molecule has 0 amide bonds. The third kappa shape index (κ3) is 7.69. The molecule has 1 aliphatic heterocycles. The lowest BCUT2D eigenvalue weighted by molar-refractivity contribution is -0.138. The first-order valence-corrected chi connectivity index (χ1v) is 12.9. The fourth-order valence-electron chi connectivity index (χ4n) is 4.34. The number of fused-ring (bicyclic) bond motifs is 1. The topological polar surface area (TPSA) is 75.6 Å². The van der Waals surface area contributed by atoms with Gasteiger partial charge in [0.2, 0.25) is 5.95 Å². The summed E-state index contributed by atoms with van der Waals surface area (Å²) in [6.45, 7) is 6.91. The van der Waals surface area contributed by atoms with Crippen molar-refractivity contribution in [1.29, 1.82) is 0 Å². The van der Waals surface area contributed by atoms with E-state index in [4.69, 9.17) is 9.84 Å². The molecule has 4 rings (SSSR count). The SMILES string of the molecule is CC.CCc1cnc(N(CCC2CCc3c(CC(=O)O)cccc3O2)Cc2ccc(C(F)(F)F)cc2)nc1. The van der Waals surface area contributed by atoms with Crippen LogP contribution in [-0.2, 0) is 36.8 Å². The summed E-state index contributed by atoms with van der Waals surface area (Å²) in [6.07, 6.45) is 1.96. The highest BCUT2D eigenvalue weighted by atomic mass is 19.4. The lowest BCUT2D eigenvalue weighted by Gasteiger charge is -2.30. The monoisotopic (exact) mass is 529 g/mol. The minimum atomic E-state index is -4.38. The molecule has 9 heteroatoms. The number of benzene rings is 2. The van der Waals surface area contributed by atoms with Gasteiger partial charge in [0.05, 0.1) is 12.0 Å². The number of halogens is 3. The highest BCUT2D eigenvalue weighted by Gasteiger charge is 2.30. The van der Waals surface area contributed by atoms with Crippen molar-refractivity contribution < 1.29 is 27.8 Å². The second kappa shape index (κ2) is 13.3. The molecule has 1 aromatic heterocycles. The first kappa shape index (κ1) is 28.9. The van der Waals surface area contributed by atoms with E-state index in [-0.39, 0.29) is 12.5 Å². The Morgan fingerprint density at radius 2 is 1.76 bits per heavy atom. The number of carbonyl (C=O) groups is 1. The van der Waals surface area contributed by atoms with E-state index in [1.807, 2.05) is 37.8 Å². The van der Waals surface area contributed by atoms with Gasteiger partial charge in [0.25, 0.3) is 0 Å². The predicted molar refractivity (Wildman–Crippen MR) is 140 cm³/mol. The molecular formula is C29H34F3N3O3. The van der Waals surface area contributed by atoms with Gasteiger partial charge >= 0.3 is 12.1 Å². The highest BCUT2D eigenvalue weighted by molar-refractivity contribution is 5.71. The number of hydrogen-bond acceptors (Lipinski definition) is 5. The van der Waals surface area contributed by atoms with Crippen LogP contribution in [0.3, 0.4) is 0 Å². The van der Waals surface area contributed by atoms with Crippen LogP contribution < -0.4 is 9.64 Å². The van der Waals surface area contributed by atoms with Crippen LogP contribution in [-0.4, -0.2) is 33.7 Å². The summed E-state index contributed by atoms with van der Waals surface area (Å²) in [7, 11) is 0. The van der Waals surface area contributed by atoms with Crippen LogP contribution in [0, 0.1) is 0 Å². The Morgan fingerprint density at radius 3 is 2.37 bits per heavy atom. The van der Waals surface area contributed by atoms with Crippen LogP contribution in [0.1, 0.15) is 61.4 Å². The Labute approximate surface area is 221 Å². The van der Waals surface area contributed by atoms with Gasteiger partial charge in [-0.05, 0) is 59.7 Å². The minimum absolute atomic E-state index is 0.0385. The van der Waals surface area contributed by atoms with E-state index in [9.17, 15) is 18.0 Å². The van der Waals surface area contributed by atoms with E-state index in [0.29, 0.717) is 31.2 Å². The van der Waals surface area contributed by atoms with Gasteiger partial charge in [0.1, 0.15) is 11.9 Å². The largest absolute Gasteiger partial charge is 0.490 e. The number of anilines is 1. The molecule has 0 saturated carbocycles. The molecule has 1 N–H and O–H groups in total. The van der Waals surface area contributed by atoms with Crippen LogP contribution in [0.2, 0.25) is 0 Å². The molecule has 0 saturated heterocycles. The molecule has 2 aromatic carbocycles. The van der Waals surface area contributed by atoms with Gasteiger partial charge in [0.15, 0.2) is 0 Å². The van der Waals surface area contributed by atoms with Crippen LogP contribution >= 0.6 is 0 Å². The van der Waals surface area contributed by atoms with Crippen molar-refractivity contribution in [3.05, 3.63) is 82.7 Å². The maximum Gasteiger partial charge on any atom is 0.416 e. The van der Waals surface area contributed by atoms with Crippen molar-refractivity contribution in [2.45, 2.75) is 71.7 Å². The summed E-state index contributed by atoms with van der Waals surface area (Å²) in [6, 6.07) is 10.6. The van der Waals surface area contributed by atoms with Crippen molar-refractivity contribution in [1.82, 2.24) is 9.97 Å². The Hall–Kier alpha value is -3.62. The van der Waals surface area contributed by atoms with Crippen molar-refractivity contribution >= 4 is 11.9 Å². The first-order valence-electron chi connectivity index (χ1n) is 12.9. The zero-order valence-electron chi connectivity index (χ0n) is 22.0. The standard InChI is InChI=1S/C27H28F3N3O3.C2H6/c1-2-18-15-31-26(32-16-18)33(17-19-6-8-21(9-7-19)27(28,29)30)13-12-22-10-11-23-20(14-25(34)35)4-3-5-24(23)36-22;1-2/h3-9,15-16,22H,2,10-14,17H2,1H3,(H,34,35);1-2H3. The average Bonchev–Trinajstić information content (AvgIpc) is 2.92. The Balaban J connectivity index is 0.00000195. The lowest BCUT2D eigenvalue weighted by atomic mass is 9.94. The fourth-order valence-corrected chi connectivity index (χ4v) is 4.34. The molecule has 0 radical (unpaired) electrons. The zero-order valence-corrected chi connectivity index (χ0v) is 22.0. The van der Waals surface area contributed by atoms with Crippen LogP contribution in [0.4, 0.5) is 19.1 Å². The van der Waals surface area contributed by atoms with Crippen molar-refractivity contribution in [3.63, 3.8) is 0 Å². The van der Waals surface area contributed by atoms with E-state index in [1.165, 1.54) is 12.1 Å². The molecule has 2 heterocycles. The summed E-state index contributed by atoms with van der Waals surface area (Å²) in [4.78, 5) is 22.1. The number of carboxylic acids is 1. The van der Waals surface area contributed by atoms with E-state index in [1.54, 1.807) is 18.5 Å². The van der Waals surface area contributed by atoms with Gasteiger partial charge in [-0.2, -0.15) is 13.2 Å². The maximum atomic E-state index is 13.0. The van der Waals surface area contributed by atoms with Crippen LogP contribution in [0.5, 0.6) is 5.75 Å². The van der Waals surface area contributed by atoms with Gasteiger partial charge in [-0.15, -0.1) is 0 Å². The van der Waals surface area contributed by atoms with Gasteiger partial charge in [-0.25, -0.2) is 9.97 Å². The molecule has 1 atom stereocenters. The smallest absolute Gasteiger partial charge is 0.416 e. The van der Waals surface area contributed by atoms with Crippen LogP contribution in [0.25, 0.3) is 0 Å². The number of alkyl halides is 3. The second-order valence-corrected chi connectivity index (χ2v) is 8.89. The Morgan fingerprint density at radius 1 is 1.08 bits per heavy atom. The molecule has 38 heavy (non-hydrogen) atoms. The predicted octanol–water partition coefficient (Wildman–Crippen LogP) is 6.50. The van der Waals surface area contributed by atoms with Gasteiger partial charge in [-0.3, -0.25) is 4.79 Å². The van der Waals surface area contributed by atoms with Gasteiger partial charge in [0, 0.05) is 31.9 Å². The minimum Gasteiger partial charge on any atom is -0.490 e. The van der Waals surface area contributed by atoms with Crippen molar-refractivity contribution in [2.24, 2.45) is 0 Å². The zero-order chi connectivity index (χ0) is 27.7. The molecule has 204 valence electrons. The number of aromatic nitrogens is 2. The molecule has 6 nitrogen and oxygen atoms in total. The molecule has 1 aliphatic rings. The van der Waals surface area contributed by atoms with Crippen molar-refractivity contribution in [3.8, 4) is 5.75 Å². The number of aryl methyl sites for hydroxylation is 1. The summed E-state index contributed by atoms with van der Waals surface area (Å²) < 4.78 is 45.1. The number of aliphatic carboxylic acids is 1. The summed E-state index contributed by atoms with van der Waals surface area (Å²) in [5.74, 6) is 0.341. The Bertz CT molecular complexity index is 1180. The normalized spacial score (nSPS) is 14.5. The number of rotatable bonds is 9. The first-order chi connectivity index (χ1) is 18.2. The summed E-state index contributed by atoms with van der Waals surface area (Å²) >= 11 is 0. The van der Waals surface area contributed by atoms with Gasteiger partial charge in [-0.1, -0.05) is 45.0 Å². The average molecular weight is 530 g/mol. The van der Waals surface area contributed by atoms with E-state index in [2.05, 4.69) is 9.97 Å². The number of ether oxygens (including phenoxy) is 1. The highest BCUT2D eigenvalue weighted by Crippen LogP contribution is 2.32. The summed E-state index contributed by atoms with van der Waals surface area (Å²) in [5.41, 5.74) is 2.75. The fraction of sp³-hybridized carbons (Fsp3) is 0.414. The number of hydrogen-bond donors (Lipinski definition) is 1. The second-order valence-electron chi connectivity index (χ2n) is 8.89. The lowest BCUT2D eigenvalue weighted by Crippen LogP contribution is -2.32. The Kier molecular flexibility index (Phi) is 10.1. The molecule has 0 fully saturated rings. The maximum absolute atomic E-state index is 13.0. The number of nitrogens with zero attached hydrogens (tertiary/aromatic N) is 3. The molecular weight excluding hydrogens is 495 g/mol. The summed E-state index contributed by atoms with van der Waals surface area (Å²) in [5, 5.41) is 9.17. The number of carboxylic acid groups (broad SMARTS) is 1. The molecule has 0 aliphatic carbocycles. The van der Waals surface area contributed by atoms with Crippen LogP contribution in [0.15, 0.2) is 54.9 Å². The van der Waals surface area contributed by atoms with E-state index >= 15 is 0 Å². The quantitative estimate of drug-likeness (QED) is 0.341.